The maximum Gasteiger partial charge on any atom is 0.416 e. The molecule has 140 valence electrons. The van der Waals surface area contributed by atoms with Gasteiger partial charge < -0.3 is 10.1 Å². The zero-order chi connectivity index (χ0) is 19.4. The van der Waals surface area contributed by atoms with Crippen LogP contribution < -0.4 is 5.32 Å². The van der Waals surface area contributed by atoms with E-state index in [1.54, 1.807) is 0 Å². The summed E-state index contributed by atoms with van der Waals surface area (Å²) in [6.45, 7) is 1.31. The van der Waals surface area contributed by atoms with Gasteiger partial charge in [-0.2, -0.15) is 18.4 Å². The normalized spacial score (nSPS) is 17.7. The molecule has 0 radical (unpaired) electrons. The van der Waals surface area contributed by atoms with Crippen LogP contribution in [0.25, 0.3) is 0 Å². The molecule has 2 rings (SSSR count). The summed E-state index contributed by atoms with van der Waals surface area (Å²) in [4.78, 5) is 24.3. The summed E-state index contributed by atoms with van der Waals surface area (Å²) in [5.74, 6) is -1.68. The first-order valence-corrected chi connectivity index (χ1v) is 8.28. The minimum Gasteiger partial charge on any atom is -0.449 e. The molecule has 0 heterocycles. The van der Waals surface area contributed by atoms with Crippen molar-refractivity contribution in [1.82, 2.24) is 5.32 Å². The van der Waals surface area contributed by atoms with Gasteiger partial charge in [-0.25, -0.2) is 4.79 Å². The zero-order valence-electron chi connectivity index (χ0n) is 14.2. The van der Waals surface area contributed by atoms with Crippen molar-refractivity contribution in [2.45, 2.75) is 56.8 Å². The summed E-state index contributed by atoms with van der Waals surface area (Å²) in [7, 11) is 0. The average molecular weight is 368 g/mol. The van der Waals surface area contributed by atoms with Gasteiger partial charge in [-0.15, -0.1) is 0 Å². The Balaban J connectivity index is 2.02. The summed E-state index contributed by atoms with van der Waals surface area (Å²) in [5, 5.41) is 12.0. The Morgan fingerprint density at radius 3 is 2.50 bits per heavy atom. The van der Waals surface area contributed by atoms with E-state index in [0.29, 0.717) is 18.9 Å². The molecule has 1 aliphatic rings. The summed E-state index contributed by atoms with van der Waals surface area (Å²) in [6, 6.07) is 5.90. The fraction of sp³-hybridized carbons (Fsp3) is 0.500. The third-order valence-electron chi connectivity index (χ3n) is 4.36. The molecule has 0 saturated heterocycles. The molecule has 5 nitrogen and oxygen atoms in total. The number of amides is 1. The Morgan fingerprint density at radius 1 is 1.27 bits per heavy atom. The fourth-order valence-electron chi connectivity index (χ4n) is 2.86. The van der Waals surface area contributed by atoms with Crippen molar-refractivity contribution in [2.75, 3.05) is 0 Å². The van der Waals surface area contributed by atoms with Crippen molar-refractivity contribution in [3.05, 3.63) is 35.4 Å². The van der Waals surface area contributed by atoms with E-state index in [1.807, 2.05) is 0 Å². The lowest BCUT2D eigenvalue weighted by molar-refractivity contribution is -0.137. The van der Waals surface area contributed by atoms with Gasteiger partial charge in [-0.3, -0.25) is 4.79 Å². The number of hydrogen-bond donors (Lipinski definition) is 1. The SMILES string of the molecule is C[C@H](OC(=O)c1cccc(C(F)(F)F)c1)C(=O)NC1(C#N)CCCCC1. The second-order valence-corrected chi connectivity index (χ2v) is 6.37. The van der Waals surface area contributed by atoms with Gasteiger partial charge in [0.25, 0.3) is 5.91 Å². The van der Waals surface area contributed by atoms with Crippen LogP contribution in [0.3, 0.4) is 0 Å². The molecule has 0 spiro atoms. The van der Waals surface area contributed by atoms with Gasteiger partial charge in [0.15, 0.2) is 6.10 Å². The molecule has 1 N–H and O–H groups in total. The predicted molar refractivity (Wildman–Crippen MR) is 85.9 cm³/mol. The molecule has 1 amide bonds. The van der Waals surface area contributed by atoms with Crippen molar-refractivity contribution >= 4 is 11.9 Å². The number of carbonyl (C=O) groups is 2. The quantitative estimate of drug-likeness (QED) is 0.824. The largest absolute Gasteiger partial charge is 0.449 e. The molecule has 1 aromatic carbocycles. The van der Waals surface area contributed by atoms with Crippen LogP contribution in [0.15, 0.2) is 24.3 Å². The van der Waals surface area contributed by atoms with Crippen LogP contribution in [0.2, 0.25) is 0 Å². The minimum atomic E-state index is -4.58. The van der Waals surface area contributed by atoms with Gasteiger partial charge in [0.05, 0.1) is 17.2 Å². The number of rotatable bonds is 4. The van der Waals surface area contributed by atoms with Crippen LogP contribution in [-0.2, 0) is 15.7 Å². The maximum atomic E-state index is 12.7. The standard InChI is InChI=1S/C18H19F3N2O3/c1-12(15(24)23-17(11-22)8-3-2-4-9-17)26-16(25)13-6-5-7-14(10-13)18(19,20)21/h5-7,10,12H,2-4,8-9H2,1H3,(H,23,24)/t12-/m0/s1. The summed E-state index contributed by atoms with van der Waals surface area (Å²) >= 11 is 0. The number of carbonyl (C=O) groups excluding carboxylic acids is 2. The van der Waals surface area contributed by atoms with Gasteiger partial charge in [0.1, 0.15) is 5.54 Å². The smallest absolute Gasteiger partial charge is 0.416 e. The average Bonchev–Trinajstić information content (AvgIpc) is 2.61. The van der Waals surface area contributed by atoms with E-state index in [1.165, 1.54) is 13.0 Å². The van der Waals surface area contributed by atoms with Gasteiger partial charge in [-0.1, -0.05) is 25.3 Å². The topological polar surface area (TPSA) is 79.2 Å². The lowest BCUT2D eigenvalue weighted by atomic mass is 9.83. The Kier molecular flexibility index (Phi) is 5.90. The fourth-order valence-corrected chi connectivity index (χ4v) is 2.86. The van der Waals surface area contributed by atoms with E-state index in [4.69, 9.17) is 4.74 Å². The van der Waals surface area contributed by atoms with E-state index in [2.05, 4.69) is 11.4 Å². The van der Waals surface area contributed by atoms with E-state index in [0.717, 1.165) is 31.4 Å². The molecule has 0 bridgehead atoms. The number of benzene rings is 1. The highest BCUT2D eigenvalue weighted by Crippen LogP contribution is 2.30. The summed E-state index contributed by atoms with van der Waals surface area (Å²) in [5.41, 5.74) is -2.26. The number of halogens is 3. The lowest BCUT2D eigenvalue weighted by Crippen LogP contribution is -2.52. The number of esters is 1. The number of nitriles is 1. The van der Waals surface area contributed by atoms with Crippen molar-refractivity contribution in [1.29, 1.82) is 5.26 Å². The zero-order valence-corrected chi connectivity index (χ0v) is 14.2. The molecule has 1 aromatic rings. The van der Waals surface area contributed by atoms with Crippen LogP contribution >= 0.6 is 0 Å². The number of nitrogens with zero attached hydrogens (tertiary/aromatic N) is 1. The van der Waals surface area contributed by atoms with Crippen LogP contribution in [0.1, 0.15) is 54.9 Å². The number of ether oxygens (including phenoxy) is 1. The highest BCUT2D eigenvalue weighted by atomic mass is 19.4. The van der Waals surface area contributed by atoms with Crippen molar-refractivity contribution in [3.63, 3.8) is 0 Å². The second-order valence-electron chi connectivity index (χ2n) is 6.37. The Hall–Kier alpha value is -2.56. The molecular weight excluding hydrogens is 349 g/mol. The van der Waals surface area contributed by atoms with Crippen LogP contribution in [0.4, 0.5) is 13.2 Å². The van der Waals surface area contributed by atoms with Crippen molar-refractivity contribution < 1.29 is 27.5 Å². The Bertz CT molecular complexity index is 719. The first-order valence-electron chi connectivity index (χ1n) is 8.28. The predicted octanol–water partition coefficient (Wildman–Crippen LogP) is 3.59. The Morgan fingerprint density at radius 2 is 1.92 bits per heavy atom. The third-order valence-corrected chi connectivity index (χ3v) is 4.36. The lowest BCUT2D eigenvalue weighted by Gasteiger charge is -2.32. The highest BCUT2D eigenvalue weighted by molar-refractivity contribution is 5.92. The molecule has 0 aromatic heterocycles. The molecular formula is C18H19F3N2O3. The van der Waals surface area contributed by atoms with Crippen molar-refractivity contribution in [2.24, 2.45) is 0 Å². The number of hydrogen-bond acceptors (Lipinski definition) is 4. The number of nitrogens with one attached hydrogen (secondary N) is 1. The molecule has 1 fully saturated rings. The molecule has 1 atom stereocenters. The van der Waals surface area contributed by atoms with Gasteiger partial charge in [-0.05, 0) is 38.0 Å². The highest BCUT2D eigenvalue weighted by Gasteiger charge is 2.36. The maximum absolute atomic E-state index is 12.7. The van der Waals surface area contributed by atoms with Crippen molar-refractivity contribution in [3.8, 4) is 6.07 Å². The van der Waals surface area contributed by atoms with Crippen LogP contribution in [-0.4, -0.2) is 23.5 Å². The molecule has 8 heteroatoms. The van der Waals surface area contributed by atoms with E-state index in [9.17, 15) is 28.0 Å². The number of alkyl halides is 3. The van der Waals surface area contributed by atoms with Crippen LogP contribution in [0, 0.1) is 11.3 Å². The van der Waals surface area contributed by atoms with E-state index >= 15 is 0 Å². The van der Waals surface area contributed by atoms with Crippen LogP contribution in [0.5, 0.6) is 0 Å². The van der Waals surface area contributed by atoms with Gasteiger partial charge in [0.2, 0.25) is 0 Å². The monoisotopic (exact) mass is 368 g/mol. The first kappa shape index (κ1) is 19.8. The molecule has 0 aliphatic heterocycles. The van der Waals surface area contributed by atoms with E-state index in [-0.39, 0.29) is 5.56 Å². The Labute approximate surface area is 149 Å². The second kappa shape index (κ2) is 7.77. The van der Waals surface area contributed by atoms with Gasteiger partial charge in [0, 0.05) is 0 Å². The molecule has 1 aliphatic carbocycles. The molecule has 0 unspecified atom stereocenters. The molecule has 1 saturated carbocycles. The summed E-state index contributed by atoms with van der Waals surface area (Å²) < 4.78 is 43.1. The van der Waals surface area contributed by atoms with E-state index < -0.39 is 35.3 Å². The van der Waals surface area contributed by atoms with Gasteiger partial charge >= 0.3 is 12.1 Å². The molecule has 26 heavy (non-hydrogen) atoms. The summed E-state index contributed by atoms with van der Waals surface area (Å²) in [6.07, 6.45) is -2.17. The minimum absolute atomic E-state index is 0.299. The third kappa shape index (κ3) is 4.75. The first-order chi connectivity index (χ1) is 12.2.